The predicted octanol–water partition coefficient (Wildman–Crippen LogP) is 10.4. The molecule has 8 aromatic carbocycles. The Morgan fingerprint density at radius 3 is 1.26 bits per heavy atom. The normalized spacial score (nSPS) is 22.6. The van der Waals surface area contributed by atoms with Crippen molar-refractivity contribution >= 4 is 0 Å². The molecule has 0 radical (unpaired) electrons. The van der Waals surface area contributed by atoms with Gasteiger partial charge in [0.15, 0.2) is 0 Å². The van der Waals surface area contributed by atoms with E-state index in [1.165, 1.54) is 30.3 Å². The third-order valence-corrected chi connectivity index (χ3v) is 14.4. The summed E-state index contributed by atoms with van der Waals surface area (Å²) >= 11 is 0. The second-order valence-electron chi connectivity index (χ2n) is 18.2. The molecule has 2 aliphatic heterocycles. The van der Waals surface area contributed by atoms with Crippen molar-refractivity contribution in [3.63, 3.8) is 0 Å². The van der Waals surface area contributed by atoms with E-state index < -0.39 is 47.7 Å². The van der Waals surface area contributed by atoms with E-state index in [4.69, 9.17) is 9.47 Å². The van der Waals surface area contributed by atoms with E-state index in [1.807, 2.05) is 12.1 Å². The quantitative estimate of drug-likeness (QED) is 0.0753. The Labute approximate surface area is 388 Å². The lowest BCUT2D eigenvalue weighted by Gasteiger charge is -2.35. The van der Waals surface area contributed by atoms with Gasteiger partial charge >= 0.3 is 0 Å². The Morgan fingerprint density at radius 1 is 0.265 bits per heavy atom. The van der Waals surface area contributed by atoms with Gasteiger partial charge in [0.2, 0.25) is 0 Å². The Morgan fingerprint density at radius 2 is 0.706 bits per heavy atom. The highest BCUT2D eigenvalue weighted by Gasteiger charge is 2.57. The molecule has 0 saturated heterocycles. The summed E-state index contributed by atoms with van der Waals surface area (Å²) in [6, 6.07) is 38.6. The molecule has 68 heavy (non-hydrogen) atoms. The summed E-state index contributed by atoms with van der Waals surface area (Å²) in [5.74, 6) is -4.72. The van der Waals surface area contributed by atoms with Crippen LogP contribution in [-0.2, 0) is 0 Å². The maximum absolute atomic E-state index is 12.8. The maximum atomic E-state index is 12.8. The third-order valence-electron chi connectivity index (χ3n) is 14.4. The second kappa shape index (κ2) is 14.9. The average Bonchev–Trinajstić information content (AvgIpc) is 3.96. The van der Waals surface area contributed by atoms with E-state index in [0.717, 1.165) is 5.56 Å². The van der Waals surface area contributed by atoms with Crippen LogP contribution in [0.3, 0.4) is 0 Å². The second-order valence-corrected chi connectivity index (χ2v) is 18.2. The smallest absolute Gasteiger partial charge is 0.135 e. The zero-order valence-electron chi connectivity index (χ0n) is 35.8. The minimum Gasteiger partial charge on any atom is -0.508 e. The largest absolute Gasteiger partial charge is 0.508 e. The number of hydrogen-bond acceptors (Lipinski definition) is 12. The SMILES string of the molecule is Oc1ccc([C@H]2c3c(O)cc(O)cc3[C@H]3c4c(cc(O)c5c4[C@H]2[C@@H](c2ccc(O)cc2)[C@@H]5c2cc(O)cc4c2[C@H](c2cc(O)cc(O)c2)[C@@H](c2ccc(O)cc2)O4)O[C@@H]3c2ccc(O)cc2)cc1. The molecule has 12 rings (SSSR count). The fourth-order valence-electron chi connectivity index (χ4n) is 12.0. The lowest BCUT2D eigenvalue weighted by atomic mass is 9.68. The molecule has 0 bridgehead atoms. The summed E-state index contributed by atoms with van der Waals surface area (Å²) in [5.41, 5.74) is 7.26. The Balaban J connectivity index is 1.20. The molecule has 2 aliphatic carbocycles. The summed E-state index contributed by atoms with van der Waals surface area (Å²) in [6.07, 6.45) is -1.59. The predicted molar refractivity (Wildman–Crippen MR) is 248 cm³/mol. The number of phenols is 10. The first-order valence-corrected chi connectivity index (χ1v) is 22.2. The number of aromatic hydroxyl groups is 10. The van der Waals surface area contributed by atoms with Crippen LogP contribution in [0.2, 0.25) is 0 Å². The minimum absolute atomic E-state index is 0.0105. The molecule has 4 aliphatic rings. The Bertz CT molecular complexity index is 3310. The van der Waals surface area contributed by atoms with Crippen LogP contribution in [0.25, 0.3) is 0 Å². The highest BCUT2D eigenvalue weighted by molar-refractivity contribution is 5.74. The molecule has 338 valence electrons. The van der Waals surface area contributed by atoms with Gasteiger partial charge in [-0.2, -0.15) is 0 Å². The number of rotatable bonds is 6. The van der Waals surface area contributed by atoms with Crippen molar-refractivity contribution in [1.29, 1.82) is 0 Å². The van der Waals surface area contributed by atoms with Crippen LogP contribution in [0.1, 0.15) is 114 Å². The van der Waals surface area contributed by atoms with E-state index in [0.29, 0.717) is 72.7 Å². The number of fused-ring (bicyclic) bond motifs is 3. The molecule has 0 unspecified atom stereocenters. The van der Waals surface area contributed by atoms with Crippen LogP contribution < -0.4 is 9.47 Å². The Kier molecular flexibility index (Phi) is 8.97. The van der Waals surface area contributed by atoms with Crippen molar-refractivity contribution in [3.8, 4) is 69.0 Å². The topological polar surface area (TPSA) is 221 Å². The van der Waals surface area contributed by atoms with Crippen molar-refractivity contribution in [2.75, 3.05) is 0 Å². The van der Waals surface area contributed by atoms with Crippen molar-refractivity contribution in [2.24, 2.45) is 0 Å². The summed E-state index contributed by atoms with van der Waals surface area (Å²) < 4.78 is 13.7. The molecule has 12 heteroatoms. The van der Waals surface area contributed by atoms with Crippen molar-refractivity contribution in [3.05, 3.63) is 212 Å². The van der Waals surface area contributed by atoms with E-state index in [1.54, 1.807) is 103 Å². The van der Waals surface area contributed by atoms with Gasteiger partial charge in [-0.1, -0.05) is 48.5 Å². The molecule has 0 fully saturated rings. The molecule has 0 saturated carbocycles. The van der Waals surface area contributed by atoms with E-state index in [9.17, 15) is 51.1 Å². The zero-order valence-corrected chi connectivity index (χ0v) is 35.8. The molecular formula is C56H42O12. The molecule has 12 nitrogen and oxygen atoms in total. The van der Waals surface area contributed by atoms with Gasteiger partial charge in [0, 0.05) is 70.2 Å². The molecular weight excluding hydrogens is 865 g/mol. The van der Waals surface area contributed by atoms with Crippen LogP contribution in [0.15, 0.2) is 146 Å². The molecule has 2 heterocycles. The van der Waals surface area contributed by atoms with Gasteiger partial charge in [0.05, 0.1) is 11.8 Å². The molecule has 8 aromatic rings. The molecule has 0 spiro atoms. The van der Waals surface area contributed by atoms with Crippen LogP contribution >= 0.6 is 0 Å². The van der Waals surface area contributed by atoms with Crippen LogP contribution in [0.4, 0.5) is 0 Å². The average molecular weight is 907 g/mol. The highest BCUT2D eigenvalue weighted by Crippen LogP contribution is 2.72. The minimum atomic E-state index is -0.838. The van der Waals surface area contributed by atoms with Gasteiger partial charge in [-0.3, -0.25) is 0 Å². The van der Waals surface area contributed by atoms with E-state index in [-0.39, 0.29) is 57.5 Å². The fraction of sp³-hybridized carbons (Fsp3) is 0.143. The van der Waals surface area contributed by atoms with Gasteiger partial charge in [-0.05, 0) is 117 Å². The van der Waals surface area contributed by atoms with Gasteiger partial charge in [0.25, 0.3) is 0 Å². The summed E-state index contributed by atoms with van der Waals surface area (Å²) in [5, 5.41) is 112. The van der Waals surface area contributed by atoms with E-state index >= 15 is 0 Å². The molecule has 8 atom stereocenters. The lowest BCUT2D eigenvalue weighted by molar-refractivity contribution is 0.221. The number of benzene rings is 8. The standard InChI is InChI=1S/C56H42O12/c57-30-9-1-25(2-10-30)44-47-38(20-36(63)22-40(47)65)50-52-43(68-56(50)28-7-15-33(60)16-8-28)24-41(66)51-49(45(53(44)54(51)52)26-3-11-31(58)12-4-26)39-21-37(64)23-42-48(39)46(29-17-34(61)19-35(62)18-29)55(67-42)27-5-13-32(59)14-6-27/h1-24,44-46,49-50,53,55-66H/t44-,45-,46-,49-,50-,53+,55+,56+/m0/s1. The molecule has 0 aromatic heterocycles. The first-order valence-electron chi connectivity index (χ1n) is 22.2. The van der Waals surface area contributed by atoms with Gasteiger partial charge < -0.3 is 60.5 Å². The summed E-state index contributed by atoms with van der Waals surface area (Å²) in [6.45, 7) is 0. The highest BCUT2D eigenvalue weighted by atomic mass is 16.5. The van der Waals surface area contributed by atoms with Crippen molar-refractivity contribution < 1.29 is 60.5 Å². The number of hydrogen-bond donors (Lipinski definition) is 10. The maximum Gasteiger partial charge on any atom is 0.135 e. The molecule has 0 amide bonds. The van der Waals surface area contributed by atoms with Gasteiger partial charge in [-0.25, -0.2) is 0 Å². The summed E-state index contributed by atoms with van der Waals surface area (Å²) in [4.78, 5) is 0. The monoisotopic (exact) mass is 906 g/mol. The molecule has 10 N–H and O–H groups in total. The Hall–Kier alpha value is -8.64. The first-order chi connectivity index (χ1) is 32.8. The van der Waals surface area contributed by atoms with Crippen LogP contribution in [0.5, 0.6) is 69.0 Å². The van der Waals surface area contributed by atoms with Gasteiger partial charge in [-0.15, -0.1) is 0 Å². The fourth-order valence-corrected chi connectivity index (χ4v) is 12.0. The lowest BCUT2D eigenvalue weighted by Crippen LogP contribution is -2.21. The van der Waals surface area contributed by atoms with Crippen LogP contribution in [-0.4, -0.2) is 51.1 Å². The van der Waals surface area contributed by atoms with Crippen molar-refractivity contribution in [2.45, 2.75) is 47.7 Å². The van der Waals surface area contributed by atoms with Crippen molar-refractivity contribution in [1.82, 2.24) is 0 Å². The van der Waals surface area contributed by atoms with Crippen LogP contribution in [0, 0.1) is 0 Å². The zero-order chi connectivity index (χ0) is 46.9. The third kappa shape index (κ3) is 6.20. The first kappa shape index (κ1) is 40.8. The van der Waals surface area contributed by atoms with E-state index in [2.05, 4.69) is 0 Å². The number of phenolic OH excluding ortho intramolecular Hbond substituents is 10. The number of ether oxygens (including phenoxy) is 2. The van der Waals surface area contributed by atoms with Gasteiger partial charge in [0.1, 0.15) is 81.2 Å². The summed E-state index contributed by atoms with van der Waals surface area (Å²) in [7, 11) is 0.